The Kier molecular flexibility index (Phi) is 2.88. The summed E-state index contributed by atoms with van der Waals surface area (Å²) in [6.07, 6.45) is 2.56. The summed E-state index contributed by atoms with van der Waals surface area (Å²) >= 11 is 5.40. The number of halogens is 1. The molecule has 0 unspecified atom stereocenters. The highest BCUT2D eigenvalue weighted by atomic mass is 35.5. The largest absolute Gasteiger partial charge is 0.436 e. The fraction of sp³-hybridized carbons (Fsp3) is 0.143. The van der Waals surface area contributed by atoms with Crippen LogP contribution in [0.15, 0.2) is 23.3 Å². The van der Waals surface area contributed by atoms with E-state index in [2.05, 4.69) is 16.9 Å². The van der Waals surface area contributed by atoms with Crippen LogP contribution in [0.3, 0.4) is 0 Å². The van der Waals surface area contributed by atoms with Gasteiger partial charge in [0.05, 0.1) is 12.2 Å². The topological polar surface area (TPSA) is 55.1 Å². The first-order chi connectivity index (χ1) is 5.72. The zero-order valence-electron chi connectivity index (χ0n) is 6.21. The lowest BCUT2D eigenvalue weighted by molar-refractivity contribution is -0.116. The number of hydrogen-bond donors (Lipinski definition) is 1. The number of nitrogens with one attached hydrogen (secondary N) is 1. The van der Waals surface area contributed by atoms with E-state index in [-0.39, 0.29) is 11.3 Å². The molecule has 1 N–H and O–H groups in total. The average Bonchev–Trinajstić information content (AvgIpc) is 2.47. The molecule has 64 valence electrons. The van der Waals surface area contributed by atoms with Gasteiger partial charge in [0.2, 0.25) is 5.91 Å². The quantitative estimate of drug-likeness (QED) is 0.720. The van der Waals surface area contributed by atoms with E-state index < -0.39 is 0 Å². The minimum Gasteiger partial charge on any atom is -0.436 e. The van der Waals surface area contributed by atoms with Crippen LogP contribution < -0.4 is 5.32 Å². The molecule has 1 amide bonds. The lowest BCUT2D eigenvalue weighted by Crippen LogP contribution is -2.19. The van der Waals surface area contributed by atoms with E-state index in [9.17, 15) is 4.79 Å². The van der Waals surface area contributed by atoms with Gasteiger partial charge in [0.1, 0.15) is 6.26 Å². The normalized spacial score (nSPS) is 9.42. The summed E-state index contributed by atoms with van der Waals surface area (Å²) in [5, 5.41) is 2.59. The molecule has 5 heteroatoms. The first kappa shape index (κ1) is 8.80. The maximum absolute atomic E-state index is 10.7. The Hall–Kier alpha value is -1.29. The molecule has 0 aliphatic carbocycles. The van der Waals surface area contributed by atoms with Crippen molar-refractivity contribution in [3.63, 3.8) is 0 Å². The van der Waals surface area contributed by atoms with Crippen LogP contribution in [0, 0.1) is 0 Å². The lowest BCUT2D eigenvalue weighted by Gasteiger charge is -1.95. The first-order valence-corrected chi connectivity index (χ1v) is 3.60. The molecule has 1 rings (SSSR count). The van der Waals surface area contributed by atoms with Crippen molar-refractivity contribution >= 4 is 17.5 Å². The van der Waals surface area contributed by atoms with Gasteiger partial charge in [-0.1, -0.05) is 6.58 Å². The number of carbonyl (C=O) groups is 1. The third-order valence-corrected chi connectivity index (χ3v) is 1.33. The molecule has 0 radical (unpaired) electrons. The Morgan fingerprint density at radius 1 is 1.92 bits per heavy atom. The number of nitrogens with zero attached hydrogens (tertiary/aromatic N) is 1. The van der Waals surface area contributed by atoms with E-state index in [0.29, 0.717) is 12.2 Å². The Bertz CT molecular complexity index is 295. The van der Waals surface area contributed by atoms with Gasteiger partial charge in [0.15, 0.2) is 0 Å². The van der Waals surface area contributed by atoms with Crippen LogP contribution in [0.1, 0.15) is 5.69 Å². The van der Waals surface area contributed by atoms with Crippen LogP contribution in [0.25, 0.3) is 0 Å². The molecule has 1 heterocycles. The van der Waals surface area contributed by atoms with Crippen molar-refractivity contribution in [2.75, 3.05) is 0 Å². The van der Waals surface area contributed by atoms with Gasteiger partial charge in [0, 0.05) is 0 Å². The van der Waals surface area contributed by atoms with Crippen LogP contribution in [0.4, 0.5) is 0 Å². The maximum atomic E-state index is 10.7. The van der Waals surface area contributed by atoms with Crippen LogP contribution in [0.2, 0.25) is 5.35 Å². The maximum Gasteiger partial charge on any atom is 0.292 e. The number of aromatic nitrogens is 1. The van der Waals surface area contributed by atoms with E-state index in [4.69, 9.17) is 16.0 Å². The summed E-state index contributed by atoms with van der Waals surface area (Å²) in [6.45, 7) is 3.59. The van der Waals surface area contributed by atoms with Crippen LogP contribution in [-0.2, 0) is 11.3 Å². The van der Waals surface area contributed by atoms with Crippen molar-refractivity contribution in [2.45, 2.75) is 6.54 Å². The summed E-state index contributed by atoms with van der Waals surface area (Å²) in [5.74, 6) is -0.255. The van der Waals surface area contributed by atoms with Gasteiger partial charge in [-0.3, -0.25) is 4.79 Å². The molecule has 0 spiro atoms. The van der Waals surface area contributed by atoms with Crippen molar-refractivity contribution in [3.8, 4) is 0 Å². The number of amides is 1. The molecule has 4 nitrogen and oxygen atoms in total. The van der Waals surface area contributed by atoms with Crippen LogP contribution >= 0.6 is 11.6 Å². The van der Waals surface area contributed by atoms with Crippen molar-refractivity contribution in [2.24, 2.45) is 0 Å². The van der Waals surface area contributed by atoms with Gasteiger partial charge < -0.3 is 9.73 Å². The van der Waals surface area contributed by atoms with Crippen LogP contribution in [0.5, 0.6) is 0 Å². The lowest BCUT2D eigenvalue weighted by atomic mass is 10.4. The van der Waals surface area contributed by atoms with Crippen molar-refractivity contribution in [3.05, 3.63) is 30.0 Å². The summed E-state index contributed by atoms with van der Waals surface area (Å²) in [7, 11) is 0. The minimum atomic E-state index is -0.255. The molecule has 0 bridgehead atoms. The molecule has 0 aliphatic heterocycles. The van der Waals surface area contributed by atoms with Gasteiger partial charge in [0.25, 0.3) is 5.35 Å². The Morgan fingerprint density at radius 2 is 2.67 bits per heavy atom. The molecular formula is C7H7ClN2O2. The summed E-state index contributed by atoms with van der Waals surface area (Å²) in [5.41, 5.74) is 0.579. The van der Waals surface area contributed by atoms with Gasteiger partial charge in [-0.2, -0.15) is 0 Å². The second kappa shape index (κ2) is 3.92. The summed E-state index contributed by atoms with van der Waals surface area (Å²) in [4.78, 5) is 14.4. The zero-order chi connectivity index (χ0) is 8.97. The highest BCUT2D eigenvalue weighted by molar-refractivity contribution is 6.27. The van der Waals surface area contributed by atoms with Gasteiger partial charge in [-0.15, -0.1) is 0 Å². The third kappa shape index (κ3) is 2.39. The van der Waals surface area contributed by atoms with E-state index >= 15 is 0 Å². The smallest absolute Gasteiger partial charge is 0.292 e. The molecule has 12 heavy (non-hydrogen) atoms. The number of oxazole rings is 1. The minimum absolute atomic E-state index is 0.0675. The average molecular weight is 187 g/mol. The van der Waals surface area contributed by atoms with E-state index in [1.54, 1.807) is 0 Å². The van der Waals surface area contributed by atoms with Crippen LogP contribution in [-0.4, -0.2) is 10.9 Å². The molecular weight excluding hydrogens is 180 g/mol. The predicted octanol–water partition coefficient (Wildman–Crippen LogP) is 1.13. The third-order valence-electron chi connectivity index (χ3n) is 1.15. The number of hydrogen-bond acceptors (Lipinski definition) is 3. The number of carbonyl (C=O) groups excluding carboxylic acids is 1. The van der Waals surface area contributed by atoms with Gasteiger partial charge in [-0.25, -0.2) is 4.98 Å². The Labute approximate surface area is 74.2 Å². The Morgan fingerprint density at radius 3 is 3.17 bits per heavy atom. The molecule has 1 aromatic rings. The number of rotatable bonds is 3. The molecule has 0 aliphatic rings. The van der Waals surface area contributed by atoms with Gasteiger partial charge >= 0.3 is 0 Å². The van der Waals surface area contributed by atoms with E-state index in [0.717, 1.165) is 0 Å². The second-order valence-corrected chi connectivity index (χ2v) is 2.34. The Balaban J connectivity index is 2.43. The fourth-order valence-electron chi connectivity index (χ4n) is 0.613. The molecule has 0 saturated carbocycles. The highest BCUT2D eigenvalue weighted by Gasteiger charge is 2.01. The summed E-state index contributed by atoms with van der Waals surface area (Å²) in [6, 6.07) is 0. The highest BCUT2D eigenvalue weighted by Crippen LogP contribution is 2.06. The van der Waals surface area contributed by atoms with E-state index in [1.807, 2.05) is 0 Å². The molecule has 0 saturated heterocycles. The standard InChI is InChI=1S/C7H7ClN2O2/c1-2-6(11)9-3-5-4-12-7(8)10-5/h2,4H,1,3H2,(H,9,11). The molecule has 0 aromatic carbocycles. The fourth-order valence-corrected chi connectivity index (χ4v) is 0.766. The SMILES string of the molecule is C=CC(=O)NCc1coc(Cl)n1. The summed E-state index contributed by atoms with van der Waals surface area (Å²) < 4.78 is 4.71. The molecule has 1 aromatic heterocycles. The molecule has 0 fully saturated rings. The first-order valence-electron chi connectivity index (χ1n) is 3.22. The zero-order valence-corrected chi connectivity index (χ0v) is 6.97. The van der Waals surface area contributed by atoms with E-state index in [1.165, 1.54) is 12.3 Å². The van der Waals surface area contributed by atoms with Crippen molar-refractivity contribution < 1.29 is 9.21 Å². The van der Waals surface area contributed by atoms with Crippen molar-refractivity contribution in [1.29, 1.82) is 0 Å². The molecule has 0 atom stereocenters. The second-order valence-electron chi connectivity index (χ2n) is 2.01. The van der Waals surface area contributed by atoms with Crippen molar-refractivity contribution in [1.82, 2.24) is 10.3 Å². The van der Waals surface area contributed by atoms with Gasteiger partial charge in [-0.05, 0) is 17.7 Å². The predicted molar refractivity (Wildman–Crippen MR) is 43.6 cm³/mol. The monoisotopic (exact) mass is 186 g/mol.